The highest BCUT2D eigenvalue weighted by Gasteiger charge is 2.27. The van der Waals surface area contributed by atoms with E-state index in [0.29, 0.717) is 22.8 Å². The lowest BCUT2D eigenvalue weighted by molar-refractivity contribution is 0.0950. The van der Waals surface area contributed by atoms with E-state index in [2.05, 4.69) is 20.3 Å². The van der Waals surface area contributed by atoms with Crippen LogP contribution >= 0.6 is 0 Å². The van der Waals surface area contributed by atoms with Gasteiger partial charge in [0.1, 0.15) is 0 Å². The molecule has 4 aromatic rings. The standard InChI is InChI=1S/C23H18F2N4O4S/c1-33-21-8-6-15(12-27-21)19-7-5-16-11-26-17(10-20(16)29-19)13-28-22(30)14-3-2-4-18(9-14)34(31,32)23(24)25/h2-12,23H,13H2,1H3,(H,28,30). The number of aromatic nitrogens is 3. The van der Waals surface area contributed by atoms with Gasteiger partial charge in [0.25, 0.3) is 5.91 Å². The predicted molar refractivity (Wildman–Crippen MR) is 120 cm³/mol. The Hall–Kier alpha value is -3.99. The SMILES string of the molecule is COc1ccc(-c2ccc3cnc(CNC(=O)c4cccc(S(=O)(=O)C(F)F)c4)cc3n2)cn1. The van der Waals surface area contributed by atoms with Crippen molar-refractivity contribution >= 4 is 26.6 Å². The number of methoxy groups -OCH3 is 1. The summed E-state index contributed by atoms with van der Waals surface area (Å²) in [4.78, 5) is 25.0. The highest BCUT2D eigenvalue weighted by molar-refractivity contribution is 7.91. The van der Waals surface area contributed by atoms with Gasteiger partial charge in [-0.25, -0.2) is 18.4 Å². The highest BCUT2D eigenvalue weighted by atomic mass is 32.2. The number of nitrogens with zero attached hydrogens (tertiary/aromatic N) is 3. The van der Waals surface area contributed by atoms with Crippen LogP contribution in [-0.4, -0.2) is 42.1 Å². The number of alkyl halides is 2. The predicted octanol–water partition coefficient (Wildman–Crippen LogP) is 3.63. The Morgan fingerprint density at radius 3 is 2.59 bits per heavy atom. The van der Waals surface area contributed by atoms with Crippen LogP contribution in [0.15, 0.2) is 71.9 Å². The zero-order valence-electron chi connectivity index (χ0n) is 17.8. The first-order valence-corrected chi connectivity index (χ1v) is 11.5. The minimum absolute atomic E-state index is 0.0244. The number of ether oxygens (including phenoxy) is 1. The van der Waals surface area contributed by atoms with E-state index in [-0.39, 0.29) is 12.1 Å². The average molecular weight is 484 g/mol. The van der Waals surface area contributed by atoms with E-state index in [1.165, 1.54) is 19.2 Å². The summed E-state index contributed by atoms with van der Waals surface area (Å²) in [5.74, 6) is -3.71. The van der Waals surface area contributed by atoms with Gasteiger partial charge in [-0.05, 0) is 42.5 Å². The molecule has 0 unspecified atom stereocenters. The largest absolute Gasteiger partial charge is 0.481 e. The molecule has 0 aliphatic carbocycles. The first-order chi connectivity index (χ1) is 16.3. The third-order valence-corrected chi connectivity index (χ3v) is 6.34. The monoisotopic (exact) mass is 484 g/mol. The molecular formula is C23H18F2N4O4S. The Bertz CT molecular complexity index is 1460. The van der Waals surface area contributed by atoms with Gasteiger partial charge in [0, 0.05) is 35.0 Å². The molecule has 8 nitrogen and oxygen atoms in total. The van der Waals surface area contributed by atoms with Crippen molar-refractivity contribution in [3.05, 3.63) is 78.2 Å². The molecule has 0 fully saturated rings. The van der Waals surface area contributed by atoms with Crippen molar-refractivity contribution in [1.82, 2.24) is 20.3 Å². The lowest BCUT2D eigenvalue weighted by Gasteiger charge is -2.08. The number of carbonyl (C=O) groups excluding carboxylic acids is 1. The first-order valence-electron chi connectivity index (χ1n) is 9.94. The van der Waals surface area contributed by atoms with Crippen LogP contribution in [0.4, 0.5) is 8.78 Å². The van der Waals surface area contributed by atoms with Gasteiger partial charge in [0.05, 0.1) is 35.5 Å². The number of benzene rings is 1. The molecular weight excluding hydrogens is 466 g/mol. The lowest BCUT2D eigenvalue weighted by atomic mass is 10.1. The second kappa shape index (κ2) is 9.48. The summed E-state index contributed by atoms with van der Waals surface area (Å²) in [7, 11) is -3.27. The highest BCUT2D eigenvalue weighted by Crippen LogP contribution is 2.22. The molecule has 0 saturated carbocycles. The van der Waals surface area contributed by atoms with E-state index in [4.69, 9.17) is 4.74 Å². The number of nitrogens with one attached hydrogen (secondary N) is 1. The van der Waals surface area contributed by atoms with Gasteiger partial charge in [-0.3, -0.25) is 9.78 Å². The minimum Gasteiger partial charge on any atom is -0.481 e. The Morgan fingerprint density at radius 2 is 1.88 bits per heavy atom. The summed E-state index contributed by atoms with van der Waals surface area (Å²) < 4.78 is 54.0. The minimum atomic E-state index is -4.80. The Labute approximate surface area is 193 Å². The van der Waals surface area contributed by atoms with E-state index < -0.39 is 26.4 Å². The molecule has 174 valence electrons. The molecule has 1 aromatic carbocycles. The number of carbonyl (C=O) groups is 1. The average Bonchev–Trinajstić information content (AvgIpc) is 2.86. The number of rotatable bonds is 7. The zero-order chi connectivity index (χ0) is 24.3. The third kappa shape index (κ3) is 4.84. The number of fused-ring (bicyclic) bond motifs is 1. The maximum absolute atomic E-state index is 12.8. The van der Waals surface area contributed by atoms with E-state index in [1.807, 2.05) is 18.2 Å². The summed E-state index contributed by atoms with van der Waals surface area (Å²) in [5, 5.41) is 3.41. The van der Waals surface area contributed by atoms with E-state index in [9.17, 15) is 22.0 Å². The van der Waals surface area contributed by atoms with E-state index >= 15 is 0 Å². The van der Waals surface area contributed by atoms with Crippen LogP contribution < -0.4 is 10.1 Å². The number of halogens is 2. The Morgan fingerprint density at radius 1 is 1.06 bits per heavy atom. The molecule has 0 bridgehead atoms. The first kappa shape index (κ1) is 23.2. The second-order valence-electron chi connectivity index (χ2n) is 7.17. The van der Waals surface area contributed by atoms with Gasteiger partial charge in [0.15, 0.2) is 0 Å². The zero-order valence-corrected chi connectivity index (χ0v) is 18.6. The smallest absolute Gasteiger partial charge is 0.341 e. The molecule has 4 rings (SSSR count). The van der Waals surface area contributed by atoms with Gasteiger partial charge >= 0.3 is 5.76 Å². The maximum atomic E-state index is 12.8. The van der Waals surface area contributed by atoms with Crippen LogP contribution in [0.3, 0.4) is 0 Å². The molecule has 1 amide bonds. The topological polar surface area (TPSA) is 111 Å². The number of pyridine rings is 3. The summed E-state index contributed by atoms with van der Waals surface area (Å²) >= 11 is 0. The van der Waals surface area contributed by atoms with E-state index in [1.54, 1.807) is 24.5 Å². The van der Waals surface area contributed by atoms with Crippen LogP contribution in [0.2, 0.25) is 0 Å². The molecule has 1 N–H and O–H groups in total. The summed E-state index contributed by atoms with van der Waals surface area (Å²) in [5.41, 5.74) is 2.59. The van der Waals surface area contributed by atoms with Crippen molar-refractivity contribution in [2.45, 2.75) is 17.2 Å². The molecule has 34 heavy (non-hydrogen) atoms. The third-order valence-electron chi connectivity index (χ3n) is 4.96. The van der Waals surface area contributed by atoms with Crippen molar-refractivity contribution in [2.24, 2.45) is 0 Å². The van der Waals surface area contributed by atoms with Crippen molar-refractivity contribution in [3.63, 3.8) is 0 Å². The number of hydrogen-bond acceptors (Lipinski definition) is 7. The second-order valence-corrected chi connectivity index (χ2v) is 9.09. The number of hydrogen-bond donors (Lipinski definition) is 1. The van der Waals surface area contributed by atoms with E-state index in [0.717, 1.165) is 23.1 Å². The fourth-order valence-corrected chi connectivity index (χ4v) is 3.92. The normalized spacial score (nSPS) is 11.5. The summed E-state index contributed by atoms with van der Waals surface area (Å²) in [6.07, 6.45) is 3.27. The summed E-state index contributed by atoms with van der Waals surface area (Å²) in [6, 6.07) is 13.5. The molecule has 3 aromatic heterocycles. The van der Waals surface area contributed by atoms with Crippen LogP contribution in [0, 0.1) is 0 Å². The number of sulfone groups is 1. The molecule has 3 heterocycles. The molecule has 0 saturated heterocycles. The maximum Gasteiger partial charge on any atom is 0.341 e. The molecule has 0 atom stereocenters. The quantitative estimate of drug-likeness (QED) is 0.426. The van der Waals surface area contributed by atoms with Crippen LogP contribution in [-0.2, 0) is 16.4 Å². The number of amides is 1. The van der Waals surface area contributed by atoms with Crippen molar-refractivity contribution in [1.29, 1.82) is 0 Å². The van der Waals surface area contributed by atoms with Crippen LogP contribution in [0.25, 0.3) is 22.2 Å². The fraction of sp³-hybridized carbons (Fsp3) is 0.130. The summed E-state index contributed by atoms with van der Waals surface area (Å²) in [6.45, 7) is 0.0244. The molecule has 0 aliphatic rings. The molecule has 0 aliphatic heterocycles. The van der Waals surface area contributed by atoms with Gasteiger partial charge < -0.3 is 10.1 Å². The van der Waals surface area contributed by atoms with Gasteiger partial charge in [-0.1, -0.05) is 6.07 Å². The lowest BCUT2D eigenvalue weighted by Crippen LogP contribution is -2.23. The van der Waals surface area contributed by atoms with Gasteiger partial charge in [-0.2, -0.15) is 8.78 Å². The fourth-order valence-electron chi connectivity index (χ4n) is 3.16. The Kier molecular flexibility index (Phi) is 6.46. The van der Waals surface area contributed by atoms with Gasteiger partial charge in [-0.15, -0.1) is 0 Å². The van der Waals surface area contributed by atoms with Gasteiger partial charge in [0.2, 0.25) is 15.7 Å². The molecule has 11 heteroatoms. The van der Waals surface area contributed by atoms with Crippen molar-refractivity contribution < 1.29 is 26.7 Å². The Balaban J connectivity index is 1.51. The molecule has 0 radical (unpaired) electrons. The van der Waals surface area contributed by atoms with Crippen molar-refractivity contribution in [2.75, 3.05) is 7.11 Å². The van der Waals surface area contributed by atoms with Crippen LogP contribution in [0.5, 0.6) is 5.88 Å². The van der Waals surface area contributed by atoms with Crippen molar-refractivity contribution in [3.8, 4) is 17.1 Å². The molecule has 0 spiro atoms. The van der Waals surface area contributed by atoms with Crippen LogP contribution in [0.1, 0.15) is 16.1 Å².